The molecule has 1 aromatic carbocycles. The second kappa shape index (κ2) is 5.71. The highest BCUT2D eigenvalue weighted by atomic mass is 35.5. The fourth-order valence-electron chi connectivity index (χ4n) is 2.17. The van der Waals surface area contributed by atoms with Gasteiger partial charge in [0.25, 0.3) is 0 Å². The molecule has 1 fully saturated rings. The summed E-state index contributed by atoms with van der Waals surface area (Å²) < 4.78 is 0. The Balaban J connectivity index is 2.24. The van der Waals surface area contributed by atoms with E-state index >= 15 is 0 Å². The minimum atomic E-state index is -1.25. The zero-order valence-electron chi connectivity index (χ0n) is 11.2. The van der Waals surface area contributed by atoms with Crippen LogP contribution in [-0.4, -0.2) is 45.8 Å². The zero-order chi connectivity index (χ0) is 15.8. The Morgan fingerprint density at radius 1 is 1.38 bits per heavy atom. The first-order chi connectivity index (χ1) is 9.69. The molecule has 0 aromatic heterocycles. The summed E-state index contributed by atoms with van der Waals surface area (Å²) in [5.41, 5.74) is -1.13. The second-order valence-electron chi connectivity index (χ2n) is 5.21. The van der Waals surface area contributed by atoms with Crippen LogP contribution in [0.1, 0.15) is 23.7 Å². The Labute approximate surface area is 131 Å². The molecule has 21 heavy (non-hydrogen) atoms. The van der Waals surface area contributed by atoms with Crippen LogP contribution < -0.4 is 5.32 Å². The lowest BCUT2D eigenvalue weighted by molar-refractivity contribution is 0.0695. The van der Waals surface area contributed by atoms with E-state index in [9.17, 15) is 14.7 Å². The van der Waals surface area contributed by atoms with Crippen molar-refractivity contribution in [3.63, 3.8) is 0 Å². The number of β-amino-alcohol motifs (C(OH)–C–C–N with tert-alkyl or cyclic N) is 1. The molecular formula is C13H14Cl2N2O4. The van der Waals surface area contributed by atoms with Crippen LogP contribution in [0.3, 0.4) is 0 Å². The average Bonchev–Trinajstić information content (AvgIpc) is 2.72. The Hall–Kier alpha value is -1.50. The molecule has 114 valence electrons. The van der Waals surface area contributed by atoms with Gasteiger partial charge >= 0.3 is 12.0 Å². The predicted molar refractivity (Wildman–Crippen MR) is 79.3 cm³/mol. The molecule has 2 amide bonds. The van der Waals surface area contributed by atoms with Gasteiger partial charge in [-0.05, 0) is 25.5 Å². The highest BCUT2D eigenvalue weighted by Crippen LogP contribution is 2.31. The van der Waals surface area contributed by atoms with Gasteiger partial charge in [-0.25, -0.2) is 9.59 Å². The van der Waals surface area contributed by atoms with Crippen LogP contribution in [0.25, 0.3) is 0 Å². The van der Waals surface area contributed by atoms with Gasteiger partial charge in [-0.1, -0.05) is 23.2 Å². The number of hydrogen-bond acceptors (Lipinski definition) is 3. The van der Waals surface area contributed by atoms with Gasteiger partial charge in [-0.2, -0.15) is 0 Å². The summed E-state index contributed by atoms with van der Waals surface area (Å²) in [5.74, 6) is -1.25. The molecular weight excluding hydrogens is 319 g/mol. The van der Waals surface area contributed by atoms with Gasteiger partial charge in [-0.15, -0.1) is 0 Å². The number of nitrogens with zero attached hydrogens (tertiary/aromatic N) is 1. The lowest BCUT2D eigenvalue weighted by Gasteiger charge is -2.20. The number of anilines is 1. The third kappa shape index (κ3) is 3.58. The number of rotatable bonds is 2. The molecule has 0 radical (unpaired) electrons. The SMILES string of the molecule is CC1(O)CCN(C(=O)Nc2c(Cl)cc(Cl)cc2C(=O)O)C1. The number of aromatic carboxylic acids is 1. The number of urea groups is 1. The lowest BCUT2D eigenvalue weighted by Crippen LogP contribution is -2.37. The minimum Gasteiger partial charge on any atom is -0.478 e. The van der Waals surface area contributed by atoms with Gasteiger partial charge in [-0.3, -0.25) is 0 Å². The molecule has 0 aliphatic carbocycles. The number of carboxylic acids is 1. The number of hydrogen-bond donors (Lipinski definition) is 3. The molecule has 1 aromatic rings. The number of carbonyl (C=O) groups is 2. The lowest BCUT2D eigenvalue weighted by atomic mass is 10.1. The molecule has 1 unspecified atom stereocenters. The highest BCUT2D eigenvalue weighted by molar-refractivity contribution is 6.37. The maximum Gasteiger partial charge on any atom is 0.337 e. The van der Waals surface area contributed by atoms with Crippen LogP contribution in [0, 0.1) is 0 Å². The van der Waals surface area contributed by atoms with Crippen molar-refractivity contribution in [3.05, 3.63) is 27.7 Å². The minimum absolute atomic E-state index is 0.00916. The number of likely N-dealkylation sites (tertiary alicyclic amines) is 1. The predicted octanol–water partition coefficient (Wildman–Crippen LogP) is 2.68. The number of carboxylic acid groups (broad SMARTS) is 1. The largest absolute Gasteiger partial charge is 0.478 e. The summed E-state index contributed by atoms with van der Waals surface area (Å²) in [7, 11) is 0. The smallest absolute Gasteiger partial charge is 0.337 e. The van der Waals surface area contributed by atoms with Crippen molar-refractivity contribution in [2.45, 2.75) is 18.9 Å². The molecule has 6 nitrogen and oxygen atoms in total. The van der Waals surface area contributed by atoms with E-state index in [1.807, 2.05) is 0 Å². The number of benzene rings is 1. The van der Waals surface area contributed by atoms with Crippen molar-refractivity contribution in [3.8, 4) is 0 Å². The molecule has 1 aliphatic heterocycles. The van der Waals surface area contributed by atoms with E-state index in [2.05, 4.69) is 5.32 Å². The molecule has 2 rings (SSSR count). The van der Waals surface area contributed by atoms with Crippen molar-refractivity contribution in [1.82, 2.24) is 4.90 Å². The number of halogens is 2. The van der Waals surface area contributed by atoms with Crippen LogP contribution in [0.5, 0.6) is 0 Å². The van der Waals surface area contributed by atoms with Gasteiger partial charge < -0.3 is 20.4 Å². The molecule has 0 saturated carbocycles. The van der Waals surface area contributed by atoms with E-state index in [0.717, 1.165) is 0 Å². The number of nitrogens with one attached hydrogen (secondary N) is 1. The molecule has 0 bridgehead atoms. The normalized spacial score (nSPS) is 21.4. The first kappa shape index (κ1) is 15.9. The molecule has 1 heterocycles. The maximum atomic E-state index is 12.1. The molecule has 8 heteroatoms. The average molecular weight is 333 g/mol. The van der Waals surface area contributed by atoms with E-state index in [-0.39, 0.29) is 27.8 Å². The number of amides is 2. The first-order valence-corrected chi connectivity index (χ1v) is 6.96. The zero-order valence-corrected chi connectivity index (χ0v) is 12.7. The van der Waals surface area contributed by atoms with Crippen LogP contribution in [-0.2, 0) is 0 Å². The second-order valence-corrected chi connectivity index (χ2v) is 6.06. The van der Waals surface area contributed by atoms with E-state index in [4.69, 9.17) is 28.3 Å². The third-order valence-electron chi connectivity index (χ3n) is 3.26. The van der Waals surface area contributed by atoms with E-state index in [1.54, 1.807) is 6.92 Å². The molecule has 0 spiro atoms. The summed E-state index contributed by atoms with van der Waals surface area (Å²) in [6.07, 6.45) is 0.459. The van der Waals surface area contributed by atoms with Crippen molar-refractivity contribution in [1.29, 1.82) is 0 Å². The van der Waals surface area contributed by atoms with Gasteiger partial charge in [0.15, 0.2) is 0 Å². The van der Waals surface area contributed by atoms with Crippen molar-refractivity contribution in [2.75, 3.05) is 18.4 Å². The number of aliphatic hydroxyl groups is 1. The third-order valence-corrected chi connectivity index (χ3v) is 3.77. The van der Waals surface area contributed by atoms with Crippen molar-refractivity contribution < 1.29 is 19.8 Å². The Bertz CT molecular complexity index is 604. The van der Waals surface area contributed by atoms with Gasteiger partial charge in [0.2, 0.25) is 0 Å². The summed E-state index contributed by atoms with van der Waals surface area (Å²) in [4.78, 5) is 24.7. The fourth-order valence-corrected chi connectivity index (χ4v) is 2.71. The van der Waals surface area contributed by atoms with Crippen LogP contribution in [0.15, 0.2) is 12.1 Å². The standard InChI is InChI=1S/C13H14Cl2N2O4/c1-13(21)2-3-17(6-13)12(20)16-10-8(11(18)19)4-7(14)5-9(10)15/h4-5,21H,2-3,6H2,1H3,(H,16,20)(H,18,19). The summed E-state index contributed by atoms with van der Waals surface area (Å²) >= 11 is 11.7. The van der Waals surface area contributed by atoms with E-state index < -0.39 is 17.6 Å². The van der Waals surface area contributed by atoms with Gasteiger partial charge in [0.1, 0.15) is 0 Å². The van der Waals surface area contributed by atoms with E-state index in [0.29, 0.717) is 13.0 Å². The summed E-state index contributed by atoms with van der Waals surface area (Å²) in [5, 5.41) is 21.7. The topological polar surface area (TPSA) is 89.9 Å². The Morgan fingerprint density at radius 2 is 2.05 bits per heavy atom. The van der Waals surface area contributed by atoms with E-state index in [1.165, 1.54) is 17.0 Å². The molecule has 3 N–H and O–H groups in total. The first-order valence-electron chi connectivity index (χ1n) is 6.20. The monoisotopic (exact) mass is 332 g/mol. The van der Waals surface area contributed by atoms with Crippen molar-refractivity contribution in [2.24, 2.45) is 0 Å². The van der Waals surface area contributed by atoms with Gasteiger partial charge in [0.05, 0.1) is 28.4 Å². The fraction of sp³-hybridized carbons (Fsp3) is 0.385. The summed E-state index contributed by atoms with van der Waals surface area (Å²) in [6, 6.07) is 2.05. The molecule has 1 saturated heterocycles. The van der Waals surface area contributed by atoms with Crippen LogP contribution in [0.4, 0.5) is 10.5 Å². The van der Waals surface area contributed by atoms with Crippen LogP contribution in [0.2, 0.25) is 10.0 Å². The summed E-state index contributed by atoms with van der Waals surface area (Å²) in [6.45, 7) is 2.19. The van der Waals surface area contributed by atoms with Crippen molar-refractivity contribution >= 4 is 40.9 Å². The molecule has 1 atom stereocenters. The number of carbonyl (C=O) groups excluding carboxylic acids is 1. The quantitative estimate of drug-likeness (QED) is 0.776. The Morgan fingerprint density at radius 3 is 2.57 bits per heavy atom. The van der Waals surface area contributed by atoms with Gasteiger partial charge in [0, 0.05) is 11.6 Å². The highest BCUT2D eigenvalue weighted by Gasteiger charge is 2.34. The molecule has 1 aliphatic rings. The maximum absolute atomic E-state index is 12.1. The Kier molecular flexibility index (Phi) is 4.32. The van der Waals surface area contributed by atoms with Crippen LogP contribution >= 0.6 is 23.2 Å².